The van der Waals surface area contributed by atoms with Crippen LogP contribution in [0.1, 0.15) is 26.3 Å². The van der Waals surface area contributed by atoms with Gasteiger partial charge in [-0.05, 0) is 24.8 Å². The molecule has 1 aromatic carbocycles. The third kappa shape index (κ3) is 5.68. The normalized spacial score (nSPS) is 13.5. The Morgan fingerprint density at radius 3 is 2.44 bits per heavy atom. The summed E-state index contributed by atoms with van der Waals surface area (Å²) >= 11 is 0. The minimum Gasteiger partial charge on any atom is -0.353 e. The number of nitrogens with one attached hydrogen (secondary N) is 2. The lowest BCUT2D eigenvalue weighted by atomic mass is 10.1. The molecule has 0 amide bonds. The van der Waals surface area contributed by atoms with E-state index in [9.17, 15) is 0 Å². The van der Waals surface area contributed by atoms with Crippen molar-refractivity contribution in [1.82, 2.24) is 10.7 Å². The lowest BCUT2D eigenvalue weighted by Gasteiger charge is -2.17. The number of benzene rings is 1. The summed E-state index contributed by atoms with van der Waals surface area (Å²) in [6.45, 7) is 7.15. The van der Waals surface area contributed by atoms with Crippen molar-refractivity contribution >= 4 is 5.96 Å². The van der Waals surface area contributed by atoms with E-state index in [0.29, 0.717) is 11.9 Å². The Morgan fingerprint density at radius 2 is 1.89 bits per heavy atom. The zero-order valence-corrected chi connectivity index (χ0v) is 11.5. The van der Waals surface area contributed by atoms with E-state index in [1.54, 1.807) is 0 Å². The molecule has 0 aromatic heterocycles. The molecule has 0 aliphatic rings. The first-order chi connectivity index (χ1) is 8.61. The monoisotopic (exact) mass is 248 g/mol. The number of nitrogens with two attached hydrogens (primary N) is 1. The van der Waals surface area contributed by atoms with Gasteiger partial charge in [-0.15, -0.1) is 0 Å². The number of hydrogen-bond donors (Lipinski definition) is 3. The van der Waals surface area contributed by atoms with Crippen LogP contribution >= 0.6 is 0 Å². The minimum atomic E-state index is 0.286. The molecule has 0 bridgehead atoms. The molecule has 1 aromatic rings. The second kappa shape index (κ2) is 7.71. The second-order valence-electron chi connectivity index (χ2n) is 4.96. The average molecular weight is 248 g/mol. The molecular formula is C14H24N4. The van der Waals surface area contributed by atoms with Crippen LogP contribution in [-0.2, 0) is 6.42 Å². The van der Waals surface area contributed by atoms with Crippen LogP contribution < -0.4 is 16.6 Å². The summed E-state index contributed by atoms with van der Waals surface area (Å²) in [5, 5.41) is 3.28. The molecule has 1 rings (SSSR count). The van der Waals surface area contributed by atoms with Crippen LogP contribution in [0, 0.1) is 5.92 Å². The van der Waals surface area contributed by atoms with Gasteiger partial charge >= 0.3 is 0 Å². The van der Waals surface area contributed by atoms with Crippen molar-refractivity contribution in [2.45, 2.75) is 33.2 Å². The Labute approximate surface area is 110 Å². The molecule has 0 heterocycles. The fourth-order valence-electron chi connectivity index (χ4n) is 1.66. The van der Waals surface area contributed by atoms with Crippen LogP contribution in [0.4, 0.5) is 0 Å². The highest BCUT2D eigenvalue weighted by Crippen LogP contribution is 2.02. The third-order valence-corrected chi connectivity index (χ3v) is 2.52. The van der Waals surface area contributed by atoms with E-state index in [1.165, 1.54) is 5.56 Å². The highest BCUT2D eigenvalue weighted by Gasteiger charge is 2.05. The third-order valence-electron chi connectivity index (χ3n) is 2.52. The molecule has 0 aliphatic heterocycles. The lowest BCUT2D eigenvalue weighted by Crippen LogP contribution is -2.46. The Hall–Kier alpha value is -1.55. The van der Waals surface area contributed by atoms with E-state index in [4.69, 9.17) is 5.84 Å². The molecule has 0 saturated carbocycles. The quantitative estimate of drug-likeness (QED) is 0.321. The van der Waals surface area contributed by atoms with Crippen molar-refractivity contribution in [3.8, 4) is 0 Å². The highest BCUT2D eigenvalue weighted by atomic mass is 15.3. The summed E-state index contributed by atoms with van der Waals surface area (Å²) in [5.74, 6) is 6.64. The number of guanidine groups is 1. The maximum absolute atomic E-state index is 5.46. The lowest BCUT2D eigenvalue weighted by molar-refractivity contribution is 0.623. The fraction of sp³-hybridized carbons (Fsp3) is 0.500. The Morgan fingerprint density at radius 1 is 1.22 bits per heavy atom. The molecule has 1 unspecified atom stereocenters. The van der Waals surface area contributed by atoms with Crippen LogP contribution in [0.15, 0.2) is 35.3 Å². The van der Waals surface area contributed by atoms with E-state index >= 15 is 0 Å². The fourth-order valence-corrected chi connectivity index (χ4v) is 1.66. The van der Waals surface area contributed by atoms with Gasteiger partial charge in [-0.25, -0.2) is 5.84 Å². The second-order valence-corrected chi connectivity index (χ2v) is 4.96. The molecule has 0 saturated heterocycles. The van der Waals surface area contributed by atoms with Crippen molar-refractivity contribution < 1.29 is 0 Å². The summed E-state index contributed by atoms with van der Waals surface area (Å²) in [4.78, 5) is 4.39. The standard InChI is InChI=1S/C14H24N4/c1-11(2)10-16-14(18-15)17-12(3)9-13-7-5-4-6-8-13/h4-8,11-12H,9-10,15H2,1-3H3,(H2,16,17,18). The van der Waals surface area contributed by atoms with Crippen LogP contribution in [-0.4, -0.2) is 18.5 Å². The Kier molecular flexibility index (Phi) is 6.22. The van der Waals surface area contributed by atoms with Crippen LogP contribution in [0.5, 0.6) is 0 Å². The molecule has 4 N–H and O–H groups in total. The predicted octanol–water partition coefficient (Wildman–Crippen LogP) is 1.68. The molecule has 0 aliphatic carbocycles. The number of rotatable bonds is 5. The maximum atomic E-state index is 5.46. The zero-order chi connectivity index (χ0) is 13.4. The van der Waals surface area contributed by atoms with Gasteiger partial charge in [0.05, 0.1) is 0 Å². The summed E-state index contributed by atoms with van der Waals surface area (Å²) in [7, 11) is 0. The van der Waals surface area contributed by atoms with Crippen LogP contribution in [0.2, 0.25) is 0 Å². The SMILES string of the molecule is CC(C)CN=C(NN)NC(C)Cc1ccccc1. The first-order valence-electron chi connectivity index (χ1n) is 6.43. The van der Waals surface area contributed by atoms with Gasteiger partial charge in [-0.3, -0.25) is 10.4 Å². The molecular weight excluding hydrogens is 224 g/mol. The smallest absolute Gasteiger partial charge is 0.205 e. The summed E-state index contributed by atoms with van der Waals surface area (Å²) < 4.78 is 0. The Balaban J connectivity index is 2.47. The van der Waals surface area contributed by atoms with Gasteiger partial charge in [0, 0.05) is 12.6 Å². The van der Waals surface area contributed by atoms with Gasteiger partial charge < -0.3 is 5.32 Å². The molecule has 100 valence electrons. The predicted molar refractivity (Wildman–Crippen MR) is 77.2 cm³/mol. The molecule has 18 heavy (non-hydrogen) atoms. The topological polar surface area (TPSA) is 62.4 Å². The number of hydrazine groups is 1. The van der Waals surface area contributed by atoms with Crippen molar-refractivity contribution in [3.05, 3.63) is 35.9 Å². The van der Waals surface area contributed by atoms with Gasteiger partial charge in [-0.2, -0.15) is 0 Å². The van der Waals surface area contributed by atoms with Gasteiger partial charge in [0.1, 0.15) is 0 Å². The average Bonchev–Trinajstić information content (AvgIpc) is 2.35. The summed E-state index contributed by atoms with van der Waals surface area (Å²) in [5.41, 5.74) is 3.92. The first kappa shape index (κ1) is 14.5. The number of aliphatic imine (C=N–C) groups is 1. The van der Waals surface area contributed by atoms with Crippen molar-refractivity contribution in [2.75, 3.05) is 6.54 Å². The highest BCUT2D eigenvalue weighted by molar-refractivity contribution is 5.79. The van der Waals surface area contributed by atoms with Gasteiger partial charge in [0.25, 0.3) is 0 Å². The van der Waals surface area contributed by atoms with Crippen molar-refractivity contribution in [3.63, 3.8) is 0 Å². The van der Waals surface area contributed by atoms with E-state index < -0.39 is 0 Å². The number of nitrogens with zero attached hydrogens (tertiary/aromatic N) is 1. The zero-order valence-electron chi connectivity index (χ0n) is 11.5. The van der Waals surface area contributed by atoms with Gasteiger partial charge in [-0.1, -0.05) is 44.2 Å². The van der Waals surface area contributed by atoms with E-state index in [0.717, 1.165) is 13.0 Å². The van der Waals surface area contributed by atoms with Gasteiger partial charge in [0.15, 0.2) is 0 Å². The van der Waals surface area contributed by atoms with E-state index in [1.807, 2.05) is 6.07 Å². The molecule has 4 nitrogen and oxygen atoms in total. The van der Waals surface area contributed by atoms with E-state index in [-0.39, 0.29) is 6.04 Å². The molecule has 0 radical (unpaired) electrons. The minimum absolute atomic E-state index is 0.286. The molecule has 1 atom stereocenters. The first-order valence-corrected chi connectivity index (χ1v) is 6.43. The molecule has 0 spiro atoms. The summed E-state index contributed by atoms with van der Waals surface area (Å²) in [6.07, 6.45) is 0.948. The number of hydrogen-bond acceptors (Lipinski definition) is 2. The Bertz CT molecular complexity index is 359. The summed E-state index contributed by atoms with van der Waals surface area (Å²) in [6, 6.07) is 10.7. The van der Waals surface area contributed by atoms with E-state index in [2.05, 4.69) is 60.8 Å². The van der Waals surface area contributed by atoms with Gasteiger partial charge in [0.2, 0.25) is 5.96 Å². The molecule has 4 heteroatoms. The van der Waals surface area contributed by atoms with Crippen LogP contribution in [0.3, 0.4) is 0 Å². The van der Waals surface area contributed by atoms with Crippen LogP contribution in [0.25, 0.3) is 0 Å². The largest absolute Gasteiger partial charge is 0.353 e. The molecule has 0 fully saturated rings. The van der Waals surface area contributed by atoms with Crippen molar-refractivity contribution in [2.24, 2.45) is 16.8 Å². The van der Waals surface area contributed by atoms with Crippen molar-refractivity contribution in [1.29, 1.82) is 0 Å². The maximum Gasteiger partial charge on any atom is 0.205 e.